The summed E-state index contributed by atoms with van der Waals surface area (Å²) in [5.41, 5.74) is 0.723. The van der Waals surface area contributed by atoms with Gasteiger partial charge in [0.1, 0.15) is 11.9 Å². The number of carbonyl (C=O) groups excluding carboxylic acids is 1. The molecule has 1 atom stereocenters. The first-order chi connectivity index (χ1) is 8.65. The number of nitriles is 1. The third-order valence-electron chi connectivity index (χ3n) is 3.16. The monoisotopic (exact) mass is 248 g/mol. The number of methoxy groups -OCH3 is 1. The molecule has 1 unspecified atom stereocenters. The highest BCUT2D eigenvalue weighted by atomic mass is 19.1. The van der Waals surface area contributed by atoms with Crippen LogP contribution in [0.4, 0.5) is 10.1 Å². The van der Waals surface area contributed by atoms with E-state index in [0.29, 0.717) is 25.2 Å². The molecule has 5 heteroatoms. The van der Waals surface area contributed by atoms with E-state index in [0.717, 1.165) is 0 Å². The molecule has 4 nitrogen and oxygen atoms in total. The third kappa shape index (κ3) is 2.28. The van der Waals surface area contributed by atoms with Gasteiger partial charge in [-0.3, -0.25) is 4.79 Å². The summed E-state index contributed by atoms with van der Waals surface area (Å²) in [6, 6.07) is 6.26. The van der Waals surface area contributed by atoms with Gasteiger partial charge in [0.25, 0.3) is 0 Å². The van der Waals surface area contributed by atoms with Crippen molar-refractivity contribution in [1.82, 2.24) is 0 Å². The summed E-state index contributed by atoms with van der Waals surface area (Å²) in [7, 11) is 1.37. The van der Waals surface area contributed by atoms with Crippen molar-refractivity contribution in [2.24, 2.45) is 5.92 Å². The fraction of sp³-hybridized carbons (Fsp3) is 0.385. The molecule has 0 amide bonds. The van der Waals surface area contributed by atoms with E-state index in [1.54, 1.807) is 12.1 Å². The number of halogens is 1. The minimum absolute atomic E-state index is 0.0301. The van der Waals surface area contributed by atoms with E-state index in [-0.39, 0.29) is 17.5 Å². The molecular formula is C13H13FN2O2. The van der Waals surface area contributed by atoms with Gasteiger partial charge in [-0.05, 0) is 24.6 Å². The Balaban J connectivity index is 2.13. The molecule has 0 spiro atoms. The Labute approximate surface area is 105 Å². The fourth-order valence-electron chi connectivity index (χ4n) is 2.15. The number of benzene rings is 1. The van der Waals surface area contributed by atoms with Crippen molar-refractivity contribution in [3.63, 3.8) is 0 Å². The fourth-order valence-corrected chi connectivity index (χ4v) is 2.15. The zero-order valence-electron chi connectivity index (χ0n) is 10.0. The van der Waals surface area contributed by atoms with E-state index in [4.69, 9.17) is 10.00 Å². The molecule has 18 heavy (non-hydrogen) atoms. The summed E-state index contributed by atoms with van der Waals surface area (Å²) in [4.78, 5) is 13.3. The van der Waals surface area contributed by atoms with Crippen LogP contribution in [-0.2, 0) is 9.53 Å². The second-order valence-electron chi connectivity index (χ2n) is 4.23. The zero-order chi connectivity index (χ0) is 13.1. The van der Waals surface area contributed by atoms with Crippen molar-refractivity contribution in [1.29, 1.82) is 5.26 Å². The number of hydrogen-bond acceptors (Lipinski definition) is 4. The minimum Gasteiger partial charge on any atom is -0.469 e. The first kappa shape index (κ1) is 12.4. The Morgan fingerprint density at radius 2 is 2.39 bits per heavy atom. The van der Waals surface area contributed by atoms with Crippen LogP contribution < -0.4 is 4.90 Å². The van der Waals surface area contributed by atoms with Crippen molar-refractivity contribution < 1.29 is 13.9 Å². The lowest BCUT2D eigenvalue weighted by atomic mass is 10.1. The van der Waals surface area contributed by atoms with Crippen LogP contribution in [0.15, 0.2) is 18.2 Å². The van der Waals surface area contributed by atoms with Crippen LogP contribution >= 0.6 is 0 Å². The molecule has 1 aromatic carbocycles. The maximum Gasteiger partial charge on any atom is 0.310 e. The number of rotatable bonds is 2. The normalized spacial score (nSPS) is 18.5. The predicted octanol–water partition coefficient (Wildman–Crippen LogP) is 1.70. The Bertz CT molecular complexity index is 510. The van der Waals surface area contributed by atoms with Crippen molar-refractivity contribution in [2.45, 2.75) is 6.42 Å². The molecule has 0 bridgehead atoms. The van der Waals surface area contributed by atoms with E-state index in [2.05, 4.69) is 0 Å². The third-order valence-corrected chi connectivity index (χ3v) is 3.16. The molecule has 0 N–H and O–H groups in total. The van der Waals surface area contributed by atoms with Crippen LogP contribution in [0.5, 0.6) is 0 Å². The number of carbonyl (C=O) groups is 1. The lowest BCUT2D eigenvalue weighted by Gasteiger charge is -2.18. The summed E-state index contributed by atoms with van der Waals surface area (Å²) in [6.07, 6.45) is 0.703. The molecule has 0 aromatic heterocycles. The van der Waals surface area contributed by atoms with E-state index in [9.17, 15) is 9.18 Å². The van der Waals surface area contributed by atoms with Crippen LogP contribution in [0.2, 0.25) is 0 Å². The first-order valence-electron chi connectivity index (χ1n) is 5.68. The van der Waals surface area contributed by atoms with E-state index in [1.807, 2.05) is 4.90 Å². The van der Waals surface area contributed by atoms with Gasteiger partial charge < -0.3 is 9.64 Å². The summed E-state index contributed by atoms with van der Waals surface area (Å²) >= 11 is 0. The standard InChI is InChI=1S/C13H13FN2O2/c1-18-13(17)10-4-5-16(8-10)11-3-2-9(7-15)12(14)6-11/h2-3,6,10H,4-5,8H2,1H3. The van der Waals surface area contributed by atoms with E-state index in [1.165, 1.54) is 19.2 Å². The number of ether oxygens (including phenoxy) is 1. The van der Waals surface area contributed by atoms with Crippen LogP contribution in [0.1, 0.15) is 12.0 Å². The summed E-state index contributed by atoms with van der Waals surface area (Å²) in [5, 5.41) is 8.66. The first-order valence-corrected chi connectivity index (χ1v) is 5.68. The van der Waals surface area contributed by atoms with E-state index >= 15 is 0 Å². The van der Waals surface area contributed by atoms with Crippen LogP contribution in [0.25, 0.3) is 0 Å². The highest BCUT2D eigenvalue weighted by Crippen LogP contribution is 2.25. The second-order valence-corrected chi connectivity index (χ2v) is 4.23. The topological polar surface area (TPSA) is 53.3 Å². The quantitative estimate of drug-likeness (QED) is 0.747. The Hall–Kier alpha value is -2.09. The van der Waals surface area contributed by atoms with Gasteiger partial charge in [-0.2, -0.15) is 5.26 Å². The largest absolute Gasteiger partial charge is 0.469 e. The Kier molecular flexibility index (Phi) is 3.47. The van der Waals surface area contributed by atoms with Gasteiger partial charge in [-0.25, -0.2) is 4.39 Å². The van der Waals surface area contributed by atoms with E-state index < -0.39 is 5.82 Å². The molecule has 0 radical (unpaired) electrons. The van der Waals surface area contributed by atoms with Crippen LogP contribution in [0, 0.1) is 23.1 Å². The number of anilines is 1. The number of esters is 1. The zero-order valence-corrected chi connectivity index (χ0v) is 10.0. The molecular weight excluding hydrogens is 235 g/mol. The van der Waals surface area contributed by atoms with Gasteiger partial charge >= 0.3 is 5.97 Å². The maximum atomic E-state index is 13.5. The molecule has 1 saturated heterocycles. The molecule has 1 heterocycles. The maximum absolute atomic E-state index is 13.5. The van der Waals surface area contributed by atoms with Crippen molar-refractivity contribution in [3.05, 3.63) is 29.6 Å². The number of hydrogen-bond donors (Lipinski definition) is 0. The van der Waals surface area contributed by atoms with Gasteiger partial charge in [-0.15, -0.1) is 0 Å². The van der Waals surface area contributed by atoms with Gasteiger partial charge in [0, 0.05) is 18.8 Å². The molecule has 1 fully saturated rings. The SMILES string of the molecule is COC(=O)C1CCN(c2ccc(C#N)c(F)c2)C1. The summed E-state index contributed by atoms with van der Waals surface area (Å²) < 4.78 is 18.2. The van der Waals surface area contributed by atoms with Crippen molar-refractivity contribution in [3.8, 4) is 6.07 Å². The predicted molar refractivity (Wildman–Crippen MR) is 63.5 cm³/mol. The highest BCUT2D eigenvalue weighted by molar-refractivity contribution is 5.74. The Morgan fingerprint density at radius 1 is 1.61 bits per heavy atom. The summed E-state index contributed by atoms with van der Waals surface area (Å²) in [6.45, 7) is 1.21. The molecule has 1 aliphatic rings. The smallest absolute Gasteiger partial charge is 0.310 e. The lowest BCUT2D eigenvalue weighted by Crippen LogP contribution is -2.23. The van der Waals surface area contributed by atoms with Crippen molar-refractivity contribution in [2.75, 3.05) is 25.1 Å². The van der Waals surface area contributed by atoms with Gasteiger partial charge in [0.05, 0.1) is 18.6 Å². The molecule has 0 saturated carbocycles. The number of nitrogens with zero attached hydrogens (tertiary/aromatic N) is 2. The molecule has 1 aromatic rings. The summed E-state index contributed by atoms with van der Waals surface area (Å²) in [5.74, 6) is -0.920. The van der Waals surface area contributed by atoms with Gasteiger partial charge in [-0.1, -0.05) is 0 Å². The molecule has 1 aliphatic heterocycles. The van der Waals surface area contributed by atoms with Crippen LogP contribution in [0.3, 0.4) is 0 Å². The van der Waals surface area contributed by atoms with Gasteiger partial charge in [0.2, 0.25) is 0 Å². The lowest BCUT2D eigenvalue weighted by molar-refractivity contribution is -0.144. The van der Waals surface area contributed by atoms with Gasteiger partial charge in [0.15, 0.2) is 0 Å². The Morgan fingerprint density at radius 3 is 3.00 bits per heavy atom. The van der Waals surface area contributed by atoms with Crippen molar-refractivity contribution >= 4 is 11.7 Å². The molecule has 94 valence electrons. The average Bonchev–Trinajstić information content (AvgIpc) is 2.87. The molecule has 2 rings (SSSR count). The highest BCUT2D eigenvalue weighted by Gasteiger charge is 2.29. The molecule has 0 aliphatic carbocycles. The minimum atomic E-state index is -0.531. The second kappa shape index (κ2) is 5.05. The average molecular weight is 248 g/mol. The van der Waals surface area contributed by atoms with Crippen LogP contribution in [-0.4, -0.2) is 26.2 Å².